The van der Waals surface area contributed by atoms with Crippen LogP contribution in [-0.2, 0) is 0 Å². The zero-order valence-corrected chi connectivity index (χ0v) is 13.2. The maximum atomic E-state index is 12.5. The predicted molar refractivity (Wildman–Crippen MR) is 83.7 cm³/mol. The van der Waals surface area contributed by atoms with E-state index in [0.29, 0.717) is 4.47 Å². The van der Waals surface area contributed by atoms with Crippen LogP contribution in [0.5, 0.6) is 0 Å². The summed E-state index contributed by atoms with van der Waals surface area (Å²) < 4.78 is 0.295. The van der Waals surface area contributed by atoms with E-state index in [1.165, 1.54) is 24.3 Å². The van der Waals surface area contributed by atoms with Crippen LogP contribution in [0.15, 0.2) is 40.9 Å². The highest BCUT2D eigenvalue weighted by molar-refractivity contribution is 9.10. The van der Waals surface area contributed by atoms with Crippen LogP contribution in [0.3, 0.4) is 0 Å². The Labute approximate surface area is 138 Å². The molecule has 1 N–H and O–H groups in total. The van der Waals surface area contributed by atoms with E-state index in [1.54, 1.807) is 12.1 Å². The first-order chi connectivity index (χ1) is 10.4. The van der Waals surface area contributed by atoms with Crippen LogP contribution in [0.2, 0.25) is 5.02 Å². The normalized spacial score (nSPS) is 13.5. The molecule has 0 unspecified atom stereocenters. The van der Waals surface area contributed by atoms with Crippen molar-refractivity contribution in [2.75, 3.05) is 4.90 Å². The lowest BCUT2D eigenvalue weighted by molar-refractivity contribution is 0.0698. The predicted octanol–water partition coefficient (Wildman–Crippen LogP) is 3.60. The molecular formula is C15H7BrClNO4. The molecule has 0 saturated carbocycles. The van der Waals surface area contributed by atoms with Gasteiger partial charge in [-0.3, -0.25) is 9.59 Å². The van der Waals surface area contributed by atoms with Crippen molar-refractivity contribution in [3.05, 3.63) is 62.6 Å². The SMILES string of the molecule is O=C(O)c1c(Cl)ccc(Br)c1N1C(=O)c2ccccc2C1=O. The highest BCUT2D eigenvalue weighted by Gasteiger charge is 2.39. The van der Waals surface area contributed by atoms with E-state index in [4.69, 9.17) is 11.6 Å². The Hall–Kier alpha value is -2.18. The van der Waals surface area contributed by atoms with Crippen LogP contribution in [0.25, 0.3) is 0 Å². The molecular weight excluding hydrogens is 374 g/mol. The van der Waals surface area contributed by atoms with Gasteiger partial charge in [0.15, 0.2) is 0 Å². The van der Waals surface area contributed by atoms with Crippen molar-refractivity contribution >= 4 is 51.0 Å². The summed E-state index contributed by atoms with van der Waals surface area (Å²) in [5.41, 5.74) is 0.100. The molecule has 110 valence electrons. The fourth-order valence-electron chi connectivity index (χ4n) is 2.36. The number of halogens is 2. The molecule has 2 aromatic carbocycles. The molecule has 1 aliphatic heterocycles. The van der Waals surface area contributed by atoms with Crippen molar-refractivity contribution < 1.29 is 19.5 Å². The monoisotopic (exact) mass is 379 g/mol. The maximum absolute atomic E-state index is 12.5. The molecule has 0 saturated heterocycles. The molecule has 0 aromatic heterocycles. The number of carbonyl (C=O) groups excluding carboxylic acids is 2. The van der Waals surface area contributed by atoms with Gasteiger partial charge in [-0.05, 0) is 40.2 Å². The Morgan fingerprint density at radius 3 is 2.09 bits per heavy atom. The lowest BCUT2D eigenvalue weighted by Crippen LogP contribution is -2.31. The fraction of sp³-hybridized carbons (Fsp3) is 0. The Bertz CT molecular complexity index is 814. The Kier molecular flexibility index (Phi) is 3.50. The molecule has 0 atom stereocenters. The third-order valence-corrected chi connectivity index (χ3v) is 4.26. The number of aromatic carboxylic acids is 1. The van der Waals surface area contributed by atoms with Crippen molar-refractivity contribution in [3.8, 4) is 0 Å². The molecule has 0 spiro atoms. The standard InChI is InChI=1S/C15H7BrClNO4/c16-9-5-6-10(17)11(15(21)22)12(9)18-13(19)7-3-1-2-4-8(7)14(18)20/h1-6H,(H,21,22). The van der Waals surface area contributed by atoms with Gasteiger partial charge in [0.05, 0.1) is 21.8 Å². The fourth-order valence-corrected chi connectivity index (χ4v) is 3.10. The second-order valence-corrected chi connectivity index (χ2v) is 5.81. The topological polar surface area (TPSA) is 74.7 Å². The largest absolute Gasteiger partial charge is 0.478 e. The Balaban J connectivity index is 2.27. The summed E-state index contributed by atoms with van der Waals surface area (Å²) in [4.78, 5) is 37.3. The molecule has 2 amide bonds. The van der Waals surface area contributed by atoms with E-state index >= 15 is 0 Å². The third kappa shape index (κ3) is 2.03. The second-order valence-electron chi connectivity index (χ2n) is 4.55. The first-order valence-corrected chi connectivity index (χ1v) is 7.29. The van der Waals surface area contributed by atoms with Crippen molar-refractivity contribution in [2.45, 2.75) is 0 Å². The van der Waals surface area contributed by atoms with Crippen molar-refractivity contribution in [2.24, 2.45) is 0 Å². The number of nitrogens with zero attached hydrogens (tertiary/aromatic N) is 1. The number of fused-ring (bicyclic) bond motifs is 1. The number of rotatable bonds is 2. The zero-order valence-electron chi connectivity index (χ0n) is 10.8. The van der Waals surface area contributed by atoms with E-state index < -0.39 is 17.8 Å². The zero-order chi connectivity index (χ0) is 16.0. The van der Waals surface area contributed by atoms with Gasteiger partial charge >= 0.3 is 5.97 Å². The maximum Gasteiger partial charge on any atom is 0.339 e. The molecule has 1 aliphatic rings. The minimum absolute atomic E-state index is 0.0535. The molecule has 0 aliphatic carbocycles. The van der Waals surface area contributed by atoms with Crippen molar-refractivity contribution in [3.63, 3.8) is 0 Å². The molecule has 3 rings (SSSR count). The summed E-state index contributed by atoms with van der Waals surface area (Å²) in [7, 11) is 0. The van der Waals surface area contributed by atoms with Gasteiger partial charge < -0.3 is 5.11 Å². The number of benzene rings is 2. The van der Waals surface area contributed by atoms with Crippen molar-refractivity contribution in [1.29, 1.82) is 0 Å². The van der Waals surface area contributed by atoms with Crippen LogP contribution in [0.4, 0.5) is 5.69 Å². The molecule has 22 heavy (non-hydrogen) atoms. The minimum atomic E-state index is -1.32. The van der Waals surface area contributed by atoms with Crippen LogP contribution >= 0.6 is 27.5 Å². The number of carboxylic acids is 1. The summed E-state index contributed by atoms with van der Waals surface area (Å²) in [5.74, 6) is -2.48. The van der Waals surface area contributed by atoms with E-state index in [2.05, 4.69) is 15.9 Å². The summed E-state index contributed by atoms with van der Waals surface area (Å²) in [6.45, 7) is 0. The van der Waals surface area contributed by atoms with Gasteiger partial charge in [0, 0.05) is 4.47 Å². The Morgan fingerprint density at radius 2 is 1.59 bits per heavy atom. The number of hydrogen-bond acceptors (Lipinski definition) is 3. The molecule has 2 aromatic rings. The number of hydrogen-bond donors (Lipinski definition) is 1. The average molecular weight is 381 g/mol. The molecule has 5 nitrogen and oxygen atoms in total. The average Bonchev–Trinajstić information content (AvgIpc) is 2.73. The van der Waals surface area contributed by atoms with Gasteiger partial charge in [0.2, 0.25) is 0 Å². The van der Waals surface area contributed by atoms with E-state index in [-0.39, 0.29) is 27.4 Å². The van der Waals surface area contributed by atoms with Crippen LogP contribution in [0.1, 0.15) is 31.1 Å². The summed E-state index contributed by atoms with van der Waals surface area (Å²) in [5, 5.41) is 9.31. The third-order valence-electron chi connectivity index (χ3n) is 3.31. The smallest absolute Gasteiger partial charge is 0.339 e. The number of imide groups is 1. The van der Waals surface area contributed by atoms with Gasteiger partial charge in [0.25, 0.3) is 11.8 Å². The number of carbonyl (C=O) groups is 3. The number of anilines is 1. The van der Waals surface area contributed by atoms with Crippen molar-refractivity contribution in [1.82, 2.24) is 0 Å². The quantitative estimate of drug-likeness (QED) is 0.808. The highest BCUT2D eigenvalue weighted by Crippen LogP contribution is 2.39. The van der Waals surface area contributed by atoms with E-state index in [0.717, 1.165) is 4.90 Å². The van der Waals surface area contributed by atoms with Gasteiger partial charge in [-0.2, -0.15) is 0 Å². The highest BCUT2D eigenvalue weighted by atomic mass is 79.9. The van der Waals surface area contributed by atoms with Crippen LogP contribution < -0.4 is 4.90 Å². The van der Waals surface area contributed by atoms with Gasteiger partial charge in [-0.1, -0.05) is 23.7 Å². The van der Waals surface area contributed by atoms with Crippen LogP contribution in [0, 0.1) is 0 Å². The van der Waals surface area contributed by atoms with Crippen LogP contribution in [-0.4, -0.2) is 22.9 Å². The lowest BCUT2D eigenvalue weighted by Gasteiger charge is -2.19. The first kappa shape index (κ1) is 14.7. The molecule has 0 radical (unpaired) electrons. The Morgan fingerprint density at radius 1 is 1.05 bits per heavy atom. The van der Waals surface area contributed by atoms with E-state index in [1.807, 2.05) is 0 Å². The summed E-state index contributed by atoms with van der Waals surface area (Å²) in [6.07, 6.45) is 0. The second kappa shape index (κ2) is 5.23. The number of amides is 2. The van der Waals surface area contributed by atoms with E-state index in [9.17, 15) is 19.5 Å². The molecule has 0 fully saturated rings. The molecule has 0 bridgehead atoms. The lowest BCUT2D eigenvalue weighted by atomic mass is 10.1. The van der Waals surface area contributed by atoms with Gasteiger partial charge in [-0.25, -0.2) is 9.69 Å². The molecule has 1 heterocycles. The van der Waals surface area contributed by atoms with Gasteiger partial charge in [0.1, 0.15) is 5.56 Å². The molecule has 7 heteroatoms. The summed E-state index contributed by atoms with van der Waals surface area (Å²) >= 11 is 9.12. The minimum Gasteiger partial charge on any atom is -0.478 e. The summed E-state index contributed by atoms with van der Waals surface area (Å²) in [6, 6.07) is 9.20. The van der Waals surface area contributed by atoms with Gasteiger partial charge in [-0.15, -0.1) is 0 Å². The number of carboxylic acid groups (broad SMARTS) is 1. The first-order valence-electron chi connectivity index (χ1n) is 6.12.